The third-order valence-corrected chi connectivity index (χ3v) is 7.89. The highest BCUT2D eigenvalue weighted by Crippen LogP contribution is 2.26. The lowest BCUT2D eigenvalue weighted by atomic mass is 10.0. The van der Waals surface area contributed by atoms with E-state index in [2.05, 4.69) is 15.0 Å². The van der Waals surface area contributed by atoms with Crippen LogP contribution in [0, 0.1) is 27.7 Å². The summed E-state index contributed by atoms with van der Waals surface area (Å²) in [5.74, 6) is -0.396. The first-order chi connectivity index (χ1) is 13.6. The molecule has 2 N–H and O–H groups in total. The van der Waals surface area contributed by atoms with Gasteiger partial charge in [-0.3, -0.25) is 4.79 Å². The number of carbonyl (C=O) groups excluding carboxylic acids is 1. The number of rotatable bonds is 6. The second kappa shape index (κ2) is 8.22. The molecule has 0 aliphatic rings. The zero-order chi connectivity index (χ0) is 21.3. The molecule has 0 aliphatic heterocycles. The highest BCUT2D eigenvalue weighted by atomic mass is 32.2. The summed E-state index contributed by atoms with van der Waals surface area (Å²) in [6.45, 7) is 9.14. The van der Waals surface area contributed by atoms with Crippen LogP contribution < -0.4 is 10.0 Å². The van der Waals surface area contributed by atoms with Gasteiger partial charge in [-0.1, -0.05) is 18.2 Å². The van der Waals surface area contributed by atoms with Crippen molar-refractivity contribution in [1.82, 2.24) is 15.0 Å². The Hall–Kier alpha value is -2.29. The second-order valence-corrected chi connectivity index (χ2v) is 9.99. The van der Waals surface area contributed by atoms with Gasteiger partial charge in [-0.2, -0.15) is 4.72 Å². The molecule has 0 fully saturated rings. The van der Waals surface area contributed by atoms with Crippen LogP contribution >= 0.6 is 11.3 Å². The quantitative estimate of drug-likeness (QED) is 0.625. The van der Waals surface area contributed by atoms with Gasteiger partial charge in [0.05, 0.1) is 27.7 Å². The number of fused-ring (bicyclic) bond motifs is 1. The normalized spacial score (nSPS) is 12.9. The Labute approximate surface area is 175 Å². The fraction of sp³-hybridized carbons (Fsp3) is 0.333. The van der Waals surface area contributed by atoms with E-state index in [4.69, 9.17) is 0 Å². The van der Waals surface area contributed by atoms with E-state index in [-0.39, 0.29) is 11.4 Å². The van der Waals surface area contributed by atoms with Crippen LogP contribution in [-0.4, -0.2) is 25.4 Å². The number of amides is 1. The van der Waals surface area contributed by atoms with E-state index in [0.29, 0.717) is 11.1 Å². The smallest absolute Gasteiger partial charge is 0.241 e. The van der Waals surface area contributed by atoms with E-state index < -0.39 is 22.0 Å². The molecule has 1 aromatic heterocycles. The van der Waals surface area contributed by atoms with Crippen LogP contribution in [0.4, 0.5) is 0 Å². The molecule has 2 aromatic carbocycles. The van der Waals surface area contributed by atoms with Crippen LogP contribution in [-0.2, 0) is 21.4 Å². The van der Waals surface area contributed by atoms with Crippen molar-refractivity contribution in [2.45, 2.75) is 52.1 Å². The SMILES string of the molecule is Cc1cc(C)c(C)c(S(=O)(=O)N[C@@H](C)C(=O)NCc2nc3ccccc3s2)c1C. The van der Waals surface area contributed by atoms with Gasteiger partial charge in [0.1, 0.15) is 5.01 Å². The Morgan fingerprint density at radius 1 is 1.10 bits per heavy atom. The molecule has 3 rings (SSSR count). The Kier molecular flexibility index (Phi) is 6.07. The zero-order valence-corrected chi connectivity index (χ0v) is 18.8. The van der Waals surface area contributed by atoms with Gasteiger partial charge in [-0.15, -0.1) is 11.3 Å². The van der Waals surface area contributed by atoms with Crippen molar-refractivity contribution in [1.29, 1.82) is 0 Å². The molecule has 0 aliphatic carbocycles. The summed E-state index contributed by atoms with van der Waals surface area (Å²) >= 11 is 1.50. The second-order valence-electron chi connectivity index (χ2n) is 7.23. The maximum absolute atomic E-state index is 13.0. The molecule has 1 atom stereocenters. The molecule has 3 aromatic rings. The minimum Gasteiger partial charge on any atom is -0.348 e. The molecule has 0 spiro atoms. The van der Waals surface area contributed by atoms with Crippen LogP contribution in [0.2, 0.25) is 0 Å². The van der Waals surface area contributed by atoms with Crippen molar-refractivity contribution in [2.75, 3.05) is 0 Å². The molecule has 6 nitrogen and oxygen atoms in total. The highest BCUT2D eigenvalue weighted by Gasteiger charge is 2.26. The number of aromatic nitrogens is 1. The molecule has 0 unspecified atom stereocenters. The van der Waals surface area contributed by atoms with Crippen LogP contribution in [0.25, 0.3) is 10.2 Å². The van der Waals surface area contributed by atoms with Crippen LogP contribution in [0.1, 0.15) is 34.2 Å². The van der Waals surface area contributed by atoms with Crippen molar-refractivity contribution in [3.63, 3.8) is 0 Å². The lowest BCUT2D eigenvalue weighted by Gasteiger charge is -2.19. The van der Waals surface area contributed by atoms with E-state index in [0.717, 1.165) is 26.4 Å². The number of sulfonamides is 1. The number of nitrogens with one attached hydrogen (secondary N) is 2. The molecule has 29 heavy (non-hydrogen) atoms. The Balaban J connectivity index is 1.72. The van der Waals surface area contributed by atoms with Gasteiger partial charge in [-0.25, -0.2) is 13.4 Å². The summed E-state index contributed by atoms with van der Waals surface area (Å²) in [5, 5.41) is 3.54. The van der Waals surface area contributed by atoms with Crippen molar-refractivity contribution in [2.24, 2.45) is 0 Å². The summed E-state index contributed by atoms with van der Waals surface area (Å²) in [6.07, 6.45) is 0. The fourth-order valence-electron chi connectivity index (χ4n) is 3.24. The van der Waals surface area contributed by atoms with Crippen molar-refractivity contribution < 1.29 is 13.2 Å². The molecule has 0 radical (unpaired) electrons. The van der Waals surface area contributed by atoms with Gasteiger partial charge in [0, 0.05) is 0 Å². The van der Waals surface area contributed by atoms with Crippen molar-refractivity contribution >= 4 is 37.5 Å². The fourth-order valence-corrected chi connectivity index (χ4v) is 5.97. The topological polar surface area (TPSA) is 88.2 Å². The number of hydrogen-bond donors (Lipinski definition) is 2. The molecule has 0 saturated heterocycles. The summed E-state index contributed by atoms with van der Waals surface area (Å²) in [5.41, 5.74) is 4.09. The number of aryl methyl sites for hydroxylation is 2. The standard InChI is InChI=1S/C21H25N3O3S2/c1-12-10-13(2)15(4)20(14(12)3)29(26,27)24-16(5)21(25)22-11-19-23-17-8-6-7-9-18(17)28-19/h6-10,16,24H,11H2,1-5H3,(H,22,25)/t16-/m0/s1. The van der Waals surface area contributed by atoms with Gasteiger partial charge in [0.2, 0.25) is 15.9 Å². The highest BCUT2D eigenvalue weighted by molar-refractivity contribution is 7.89. The minimum absolute atomic E-state index is 0.251. The number of hydrogen-bond acceptors (Lipinski definition) is 5. The van der Waals surface area contributed by atoms with E-state index in [9.17, 15) is 13.2 Å². The first kappa shape index (κ1) is 21.4. The van der Waals surface area contributed by atoms with Crippen LogP contribution in [0.5, 0.6) is 0 Å². The van der Waals surface area contributed by atoms with Crippen molar-refractivity contribution in [3.8, 4) is 0 Å². The summed E-state index contributed by atoms with van der Waals surface area (Å²) in [7, 11) is -3.84. The van der Waals surface area contributed by atoms with E-state index >= 15 is 0 Å². The van der Waals surface area contributed by atoms with E-state index in [1.807, 2.05) is 44.2 Å². The van der Waals surface area contributed by atoms with Crippen LogP contribution in [0.15, 0.2) is 35.2 Å². The number of para-hydroxylation sites is 1. The summed E-state index contributed by atoms with van der Waals surface area (Å²) in [6, 6.07) is 8.81. The van der Waals surface area contributed by atoms with E-state index in [1.165, 1.54) is 11.3 Å². The monoisotopic (exact) mass is 431 g/mol. The first-order valence-electron chi connectivity index (χ1n) is 9.32. The van der Waals surface area contributed by atoms with Gasteiger partial charge >= 0.3 is 0 Å². The maximum Gasteiger partial charge on any atom is 0.241 e. The molecule has 1 heterocycles. The Morgan fingerprint density at radius 3 is 2.34 bits per heavy atom. The Morgan fingerprint density at radius 2 is 1.72 bits per heavy atom. The Bertz CT molecular complexity index is 1120. The molecule has 0 saturated carbocycles. The molecule has 1 amide bonds. The number of carbonyl (C=O) groups is 1. The molecular weight excluding hydrogens is 406 g/mol. The lowest BCUT2D eigenvalue weighted by Crippen LogP contribution is -2.44. The first-order valence-corrected chi connectivity index (χ1v) is 11.6. The van der Waals surface area contributed by atoms with Gasteiger partial charge in [0.15, 0.2) is 0 Å². The zero-order valence-electron chi connectivity index (χ0n) is 17.2. The average Bonchev–Trinajstić information content (AvgIpc) is 3.07. The summed E-state index contributed by atoms with van der Waals surface area (Å²) in [4.78, 5) is 17.2. The lowest BCUT2D eigenvalue weighted by molar-refractivity contribution is -0.122. The molecule has 0 bridgehead atoms. The predicted molar refractivity (Wildman–Crippen MR) is 117 cm³/mol. The molecular formula is C21H25N3O3S2. The molecule has 8 heteroatoms. The minimum atomic E-state index is -3.84. The van der Waals surface area contributed by atoms with Gasteiger partial charge in [0.25, 0.3) is 0 Å². The predicted octanol–water partition coefficient (Wildman–Crippen LogP) is 3.51. The van der Waals surface area contributed by atoms with Crippen LogP contribution in [0.3, 0.4) is 0 Å². The van der Waals surface area contributed by atoms with Crippen molar-refractivity contribution in [3.05, 3.63) is 57.6 Å². The maximum atomic E-state index is 13.0. The third-order valence-electron chi connectivity index (χ3n) is 5.04. The number of benzene rings is 2. The number of thiazole rings is 1. The van der Waals surface area contributed by atoms with Gasteiger partial charge in [-0.05, 0) is 69.0 Å². The molecule has 154 valence electrons. The van der Waals surface area contributed by atoms with E-state index in [1.54, 1.807) is 20.8 Å². The third kappa shape index (κ3) is 4.49. The largest absolute Gasteiger partial charge is 0.348 e. The average molecular weight is 432 g/mol. The van der Waals surface area contributed by atoms with Gasteiger partial charge < -0.3 is 5.32 Å². The summed E-state index contributed by atoms with van der Waals surface area (Å²) < 4.78 is 29.5. The number of nitrogens with zero attached hydrogens (tertiary/aromatic N) is 1.